The molecule has 1 aromatic rings. The molecular weight excluding hydrogens is 158 g/mol. The summed E-state index contributed by atoms with van der Waals surface area (Å²) in [6.45, 7) is 0. The molecule has 0 saturated heterocycles. The molecule has 0 fully saturated rings. The average Bonchev–Trinajstić information content (AvgIpc) is 2.15. The molecule has 0 amide bonds. The predicted molar refractivity (Wildman–Crippen MR) is 57.9 cm³/mol. The van der Waals surface area contributed by atoms with E-state index in [4.69, 9.17) is 6.42 Å². The van der Waals surface area contributed by atoms with Crippen molar-refractivity contribution in [2.45, 2.75) is 12.8 Å². The molecule has 0 aliphatic carbocycles. The van der Waals surface area contributed by atoms with E-state index in [2.05, 4.69) is 49.2 Å². The zero-order valence-corrected chi connectivity index (χ0v) is 8.25. The zero-order chi connectivity index (χ0) is 9.68. The van der Waals surface area contributed by atoms with Crippen LogP contribution >= 0.6 is 0 Å². The molecule has 0 N–H and O–H groups in total. The first-order chi connectivity index (χ1) is 6.25. The molecule has 68 valence electrons. The van der Waals surface area contributed by atoms with Crippen molar-refractivity contribution in [2.24, 2.45) is 0 Å². The highest BCUT2D eigenvalue weighted by molar-refractivity contribution is 5.52. The first-order valence-corrected chi connectivity index (χ1v) is 4.44. The Bertz CT molecular complexity index is 307. The molecule has 1 nitrogen and oxygen atoms in total. The molecule has 13 heavy (non-hydrogen) atoms. The molecule has 1 aromatic carbocycles. The third-order valence-electron chi connectivity index (χ3n) is 2.01. The number of benzene rings is 1. The number of terminal acetylenes is 1. The molecule has 0 saturated carbocycles. The second-order valence-electron chi connectivity index (χ2n) is 3.23. The Hall–Kier alpha value is -1.42. The lowest BCUT2D eigenvalue weighted by Gasteiger charge is -2.16. The number of aryl methyl sites for hydroxylation is 1. The Morgan fingerprint density at radius 3 is 2.62 bits per heavy atom. The Labute approximate surface area is 80.4 Å². The summed E-state index contributed by atoms with van der Waals surface area (Å²) in [4.78, 5) is 2.12. The molecule has 0 aromatic heterocycles. The highest BCUT2D eigenvalue weighted by Crippen LogP contribution is 2.18. The van der Waals surface area contributed by atoms with E-state index in [0.717, 1.165) is 12.8 Å². The van der Waals surface area contributed by atoms with Gasteiger partial charge in [0.1, 0.15) is 0 Å². The second kappa shape index (κ2) is 4.57. The topological polar surface area (TPSA) is 3.24 Å². The molecule has 0 aliphatic heterocycles. The van der Waals surface area contributed by atoms with Gasteiger partial charge in [-0.05, 0) is 18.1 Å². The van der Waals surface area contributed by atoms with Gasteiger partial charge in [-0.1, -0.05) is 18.2 Å². The number of hydrogen-bond donors (Lipinski definition) is 0. The molecule has 1 rings (SSSR count). The van der Waals surface area contributed by atoms with Crippen LogP contribution in [0.4, 0.5) is 5.69 Å². The largest absolute Gasteiger partial charge is 0.377 e. The maximum absolute atomic E-state index is 5.24. The maximum Gasteiger partial charge on any atom is 0.0393 e. The van der Waals surface area contributed by atoms with E-state index in [9.17, 15) is 0 Å². The Balaban J connectivity index is 2.86. The highest BCUT2D eigenvalue weighted by atomic mass is 15.1. The molecule has 0 radical (unpaired) electrons. The zero-order valence-electron chi connectivity index (χ0n) is 8.25. The molecule has 0 atom stereocenters. The normalized spacial score (nSPS) is 9.31. The van der Waals surface area contributed by atoms with Gasteiger partial charge in [0.25, 0.3) is 0 Å². The number of nitrogens with zero attached hydrogens (tertiary/aromatic N) is 1. The van der Waals surface area contributed by atoms with Crippen molar-refractivity contribution in [3.8, 4) is 12.3 Å². The van der Waals surface area contributed by atoms with E-state index < -0.39 is 0 Å². The summed E-state index contributed by atoms with van der Waals surface area (Å²) < 4.78 is 0. The van der Waals surface area contributed by atoms with Crippen molar-refractivity contribution >= 4 is 5.69 Å². The number of anilines is 1. The van der Waals surface area contributed by atoms with Gasteiger partial charge in [-0.2, -0.15) is 0 Å². The van der Waals surface area contributed by atoms with E-state index in [1.54, 1.807) is 0 Å². The van der Waals surface area contributed by atoms with Crippen LogP contribution in [0.1, 0.15) is 12.0 Å². The van der Waals surface area contributed by atoms with E-state index in [0.29, 0.717) is 0 Å². The lowest BCUT2D eigenvalue weighted by molar-refractivity contribution is 1.00. The van der Waals surface area contributed by atoms with Crippen molar-refractivity contribution < 1.29 is 0 Å². The fraction of sp³-hybridized carbons (Fsp3) is 0.333. The smallest absolute Gasteiger partial charge is 0.0393 e. The van der Waals surface area contributed by atoms with Gasteiger partial charge in [0.05, 0.1) is 0 Å². The standard InChI is InChI=1S/C12H15N/c1-4-5-8-11-9-6-7-10-12(11)13(2)3/h1,6-7,9-10H,5,8H2,2-3H3. The minimum Gasteiger partial charge on any atom is -0.377 e. The van der Waals surface area contributed by atoms with Gasteiger partial charge >= 0.3 is 0 Å². The van der Waals surface area contributed by atoms with Crippen LogP contribution in [0.25, 0.3) is 0 Å². The van der Waals surface area contributed by atoms with Crippen LogP contribution in [0.2, 0.25) is 0 Å². The van der Waals surface area contributed by atoms with Gasteiger partial charge in [0.15, 0.2) is 0 Å². The van der Waals surface area contributed by atoms with E-state index in [1.807, 2.05) is 0 Å². The summed E-state index contributed by atoms with van der Waals surface area (Å²) in [5.41, 5.74) is 2.59. The third-order valence-corrected chi connectivity index (χ3v) is 2.01. The summed E-state index contributed by atoms with van der Waals surface area (Å²) in [7, 11) is 4.10. The van der Waals surface area contributed by atoms with Crippen molar-refractivity contribution in [2.75, 3.05) is 19.0 Å². The van der Waals surface area contributed by atoms with Crippen molar-refractivity contribution in [1.82, 2.24) is 0 Å². The predicted octanol–water partition coefficient (Wildman–Crippen LogP) is 2.32. The van der Waals surface area contributed by atoms with Crippen LogP contribution in [-0.2, 0) is 6.42 Å². The molecule has 0 aliphatic rings. The van der Waals surface area contributed by atoms with Gasteiger partial charge in [-0.25, -0.2) is 0 Å². The van der Waals surface area contributed by atoms with Gasteiger partial charge in [0.2, 0.25) is 0 Å². The van der Waals surface area contributed by atoms with Crippen LogP contribution < -0.4 is 4.90 Å². The summed E-state index contributed by atoms with van der Waals surface area (Å²) in [5, 5.41) is 0. The number of para-hydroxylation sites is 1. The lowest BCUT2D eigenvalue weighted by Crippen LogP contribution is -2.10. The summed E-state index contributed by atoms with van der Waals surface area (Å²) >= 11 is 0. The van der Waals surface area contributed by atoms with Gasteiger partial charge in [-0.3, -0.25) is 0 Å². The van der Waals surface area contributed by atoms with Crippen LogP contribution in [-0.4, -0.2) is 14.1 Å². The Morgan fingerprint density at radius 2 is 2.00 bits per heavy atom. The minimum atomic E-state index is 0.810. The fourth-order valence-electron chi connectivity index (χ4n) is 1.37. The van der Waals surface area contributed by atoms with Crippen LogP contribution in [0, 0.1) is 12.3 Å². The molecule has 0 unspecified atom stereocenters. The van der Waals surface area contributed by atoms with Gasteiger partial charge < -0.3 is 4.90 Å². The molecule has 0 spiro atoms. The van der Waals surface area contributed by atoms with Crippen molar-refractivity contribution in [3.05, 3.63) is 29.8 Å². The van der Waals surface area contributed by atoms with Crippen LogP contribution in [0.5, 0.6) is 0 Å². The highest BCUT2D eigenvalue weighted by Gasteiger charge is 2.01. The Kier molecular flexibility index (Phi) is 3.40. The molecule has 0 heterocycles. The van der Waals surface area contributed by atoms with E-state index in [1.165, 1.54) is 11.3 Å². The minimum absolute atomic E-state index is 0.810. The van der Waals surface area contributed by atoms with Gasteiger partial charge in [-0.15, -0.1) is 12.3 Å². The van der Waals surface area contributed by atoms with Crippen molar-refractivity contribution in [3.63, 3.8) is 0 Å². The average molecular weight is 173 g/mol. The Morgan fingerprint density at radius 1 is 1.31 bits per heavy atom. The molecule has 0 bridgehead atoms. The maximum atomic E-state index is 5.24. The lowest BCUT2D eigenvalue weighted by atomic mass is 10.1. The first-order valence-electron chi connectivity index (χ1n) is 4.44. The van der Waals surface area contributed by atoms with Crippen molar-refractivity contribution in [1.29, 1.82) is 0 Å². The monoisotopic (exact) mass is 173 g/mol. The van der Waals surface area contributed by atoms with Crippen LogP contribution in [0.3, 0.4) is 0 Å². The number of rotatable bonds is 3. The summed E-state index contributed by atoms with van der Waals surface area (Å²) in [5.74, 6) is 2.66. The summed E-state index contributed by atoms with van der Waals surface area (Å²) in [6, 6.07) is 8.35. The molecular formula is C12H15N. The number of hydrogen-bond acceptors (Lipinski definition) is 1. The quantitative estimate of drug-likeness (QED) is 0.634. The van der Waals surface area contributed by atoms with Gasteiger partial charge in [0, 0.05) is 26.2 Å². The van der Waals surface area contributed by atoms with E-state index >= 15 is 0 Å². The van der Waals surface area contributed by atoms with Crippen LogP contribution in [0.15, 0.2) is 24.3 Å². The molecule has 1 heteroatoms. The third kappa shape index (κ3) is 2.52. The van der Waals surface area contributed by atoms with E-state index in [-0.39, 0.29) is 0 Å². The SMILES string of the molecule is C#CCCc1ccccc1N(C)C. The first kappa shape index (κ1) is 9.67. The summed E-state index contributed by atoms with van der Waals surface area (Å²) in [6.07, 6.45) is 7.01. The fourth-order valence-corrected chi connectivity index (χ4v) is 1.37. The second-order valence-corrected chi connectivity index (χ2v) is 3.23.